The molecule has 0 heterocycles. The monoisotopic (exact) mass is 145 g/mol. The van der Waals surface area contributed by atoms with Crippen LogP contribution >= 0.6 is 0 Å². The van der Waals surface area contributed by atoms with Crippen molar-refractivity contribution < 1.29 is 0 Å². The van der Waals surface area contributed by atoms with E-state index in [1.807, 2.05) is 0 Å². The van der Waals surface area contributed by atoms with Crippen molar-refractivity contribution >= 4 is 0 Å². The van der Waals surface area contributed by atoms with Gasteiger partial charge in [0.05, 0.1) is 5.70 Å². The minimum Gasteiger partial charge on any atom is -0.384 e. The van der Waals surface area contributed by atoms with Gasteiger partial charge in [-0.05, 0) is 0 Å². The summed E-state index contributed by atoms with van der Waals surface area (Å²) in [5.41, 5.74) is 21.7. The summed E-state index contributed by atoms with van der Waals surface area (Å²) in [5, 5.41) is 2.90. The third-order valence-corrected chi connectivity index (χ3v) is 1.04. The van der Waals surface area contributed by atoms with Gasteiger partial charge in [-0.2, -0.15) is 0 Å². The van der Waals surface area contributed by atoms with Gasteiger partial charge >= 0.3 is 0 Å². The number of hydrogen-bond donors (Lipinski definition) is 5. The molecule has 0 aliphatic rings. The van der Waals surface area contributed by atoms with Gasteiger partial charge in [-0.15, -0.1) is 0 Å². The van der Waals surface area contributed by atoms with Crippen LogP contribution < -0.4 is 28.3 Å². The maximum atomic E-state index is 5.29. The van der Waals surface area contributed by atoms with Crippen LogP contribution in [0.4, 0.5) is 0 Å². The lowest BCUT2D eigenvalue weighted by Gasteiger charge is -2.08. The van der Waals surface area contributed by atoms with Gasteiger partial charge in [-0.3, -0.25) is 0 Å². The Bertz CT molecular complexity index is 115. The molecule has 0 saturated carbocycles. The van der Waals surface area contributed by atoms with E-state index < -0.39 is 0 Å². The fourth-order valence-corrected chi connectivity index (χ4v) is 0.515. The first-order chi connectivity index (χ1) is 4.72. The van der Waals surface area contributed by atoms with E-state index in [2.05, 4.69) is 5.32 Å². The van der Waals surface area contributed by atoms with Crippen LogP contribution in [-0.2, 0) is 0 Å². The molecule has 5 heteroatoms. The lowest BCUT2D eigenvalue weighted by Crippen LogP contribution is -2.31. The van der Waals surface area contributed by atoms with Gasteiger partial charge in [0.25, 0.3) is 0 Å². The molecule has 0 spiro atoms. The molecule has 0 aliphatic heterocycles. The number of rotatable bonds is 4. The summed E-state index contributed by atoms with van der Waals surface area (Å²) < 4.78 is 0. The topological polar surface area (TPSA) is 116 Å². The Morgan fingerprint density at radius 3 is 2.10 bits per heavy atom. The summed E-state index contributed by atoms with van der Waals surface area (Å²) in [5.74, 6) is 0.232. The Hall–Kier alpha value is -0.940. The number of hydrogen-bond acceptors (Lipinski definition) is 5. The summed E-state index contributed by atoms with van der Waals surface area (Å²) in [6.07, 6.45) is 0. The zero-order chi connectivity index (χ0) is 7.98. The molecule has 0 fully saturated rings. The molecule has 0 saturated heterocycles. The van der Waals surface area contributed by atoms with Crippen molar-refractivity contribution in [3.8, 4) is 0 Å². The van der Waals surface area contributed by atoms with Gasteiger partial charge < -0.3 is 28.3 Å². The van der Waals surface area contributed by atoms with Crippen molar-refractivity contribution in [1.82, 2.24) is 5.32 Å². The summed E-state index contributed by atoms with van der Waals surface area (Å²) in [6, 6.07) is 0. The van der Waals surface area contributed by atoms with Crippen LogP contribution in [0.5, 0.6) is 0 Å². The van der Waals surface area contributed by atoms with E-state index in [1.54, 1.807) is 0 Å². The van der Waals surface area contributed by atoms with E-state index in [1.165, 1.54) is 0 Å². The lowest BCUT2D eigenvalue weighted by molar-refractivity contribution is 0.761. The van der Waals surface area contributed by atoms with Crippen LogP contribution in [0.3, 0.4) is 0 Å². The number of nitrogens with two attached hydrogens (primary N) is 4. The Balaban J connectivity index is 3.73. The minimum atomic E-state index is 0.232. The maximum absolute atomic E-state index is 5.29. The van der Waals surface area contributed by atoms with Gasteiger partial charge in [0.1, 0.15) is 5.82 Å². The highest BCUT2D eigenvalue weighted by molar-refractivity contribution is 5.06. The van der Waals surface area contributed by atoms with Crippen LogP contribution in [0.2, 0.25) is 0 Å². The summed E-state index contributed by atoms with van der Waals surface area (Å²) in [7, 11) is 0. The van der Waals surface area contributed by atoms with Crippen LogP contribution in [0.15, 0.2) is 11.5 Å². The van der Waals surface area contributed by atoms with Crippen LogP contribution in [0, 0.1) is 0 Å². The molecule has 0 atom stereocenters. The van der Waals surface area contributed by atoms with Crippen LogP contribution in [-0.4, -0.2) is 19.6 Å². The Morgan fingerprint density at radius 2 is 1.80 bits per heavy atom. The first kappa shape index (κ1) is 9.06. The summed E-state index contributed by atoms with van der Waals surface area (Å²) in [4.78, 5) is 0. The predicted molar refractivity (Wildman–Crippen MR) is 41.5 cm³/mol. The Morgan fingerprint density at radius 1 is 1.20 bits per heavy atom. The molecule has 9 N–H and O–H groups in total. The van der Waals surface area contributed by atoms with Gasteiger partial charge in [0.15, 0.2) is 0 Å². The van der Waals surface area contributed by atoms with E-state index in [0.717, 1.165) is 0 Å². The van der Waals surface area contributed by atoms with Crippen molar-refractivity contribution in [2.45, 2.75) is 0 Å². The average Bonchev–Trinajstić information content (AvgIpc) is 1.89. The molecule has 0 aliphatic carbocycles. The lowest BCUT2D eigenvalue weighted by atomic mass is 10.4. The van der Waals surface area contributed by atoms with E-state index in [4.69, 9.17) is 22.9 Å². The van der Waals surface area contributed by atoms with Crippen molar-refractivity contribution in [2.24, 2.45) is 22.9 Å². The zero-order valence-electron chi connectivity index (χ0n) is 5.93. The third kappa shape index (κ3) is 3.16. The molecule has 0 aromatic rings. The second kappa shape index (κ2) is 4.89. The fraction of sp³-hybridized carbons (Fsp3) is 0.600. The molecule has 0 bridgehead atoms. The highest BCUT2D eigenvalue weighted by atomic mass is 15.0. The van der Waals surface area contributed by atoms with Gasteiger partial charge in [-0.25, -0.2) is 0 Å². The third-order valence-electron chi connectivity index (χ3n) is 1.04. The first-order valence-electron chi connectivity index (χ1n) is 3.10. The standard InChI is InChI=1S/C5H15N5/c6-1-2-10-4(3-7)5(8)9/h10H,1-3,6-9H2. The quantitative estimate of drug-likeness (QED) is 0.302. The van der Waals surface area contributed by atoms with Crippen LogP contribution in [0.25, 0.3) is 0 Å². The molecule has 0 aromatic carbocycles. The van der Waals surface area contributed by atoms with Crippen molar-refractivity contribution in [2.75, 3.05) is 19.6 Å². The molecule has 0 radical (unpaired) electrons. The smallest absolute Gasteiger partial charge is 0.114 e. The van der Waals surface area contributed by atoms with E-state index >= 15 is 0 Å². The molecular weight excluding hydrogens is 130 g/mol. The SMILES string of the molecule is NCCNC(CN)=C(N)N. The number of nitrogens with one attached hydrogen (secondary N) is 1. The minimum absolute atomic E-state index is 0.232. The molecule has 60 valence electrons. The van der Waals surface area contributed by atoms with Gasteiger partial charge in [0, 0.05) is 19.6 Å². The predicted octanol–water partition coefficient (Wildman–Crippen LogP) is -2.42. The zero-order valence-corrected chi connectivity index (χ0v) is 5.93. The molecule has 5 nitrogen and oxygen atoms in total. The van der Waals surface area contributed by atoms with Crippen molar-refractivity contribution in [1.29, 1.82) is 0 Å². The fourth-order valence-electron chi connectivity index (χ4n) is 0.515. The van der Waals surface area contributed by atoms with Crippen molar-refractivity contribution in [3.63, 3.8) is 0 Å². The normalized spacial score (nSPS) is 9.00. The van der Waals surface area contributed by atoms with E-state index in [9.17, 15) is 0 Å². The van der Waals surface area contributed by atoms with Gasteiger partial charge in [-0.1, -0.05) is 0 Å². The molecule has 10 heavy (non-hydrogen) atoms. The summed E-state index contributed by atoms with van der Waals surface area (Å²) >= 11 is 0. The van der Waals surface area contributed by atoms with Crippen LogP contribution in [0.1, 0.15) is 0 Å². The molecule has 0 unspecified atom stereocenters. The second-order valence-corrected chi connectivity index (χ2v) is 1.85. The Labute approximate surface area is 60.4 Å². The van der Waals surface area contributed by atoms with Crippen molar-refractivity contribution in [3.05, 3.63) is 11.5 Å². The first-order valence-corrected chi connectivity index (χ1v) is 3.10. The average molecular weight is 145 g/mol. The molecule has 0 aromatic heterocycles. The summed E-state index contributed by atoms with van der Waals surface area (Å²) in [6.45, 7) is 1.50. The Kier molecular flexibility index (Phi) is 4.43. The largest absolute Gasteiger partial charge is 0.384 e. The van der Waals surface area contributed by atoms with Gasteiger partial charge in [0.2, 0.25) is 0 Å². The van der Waals surface area contributed by atoms with E-state index in [0.29, 0.717) is 25.3 Å². The second-order valence-electron chi connectivity index (χ2n) is 1.85. The maximum Gasteiger partial charge on any atom is 0.114 e. The highest BCUT2D eigenvalue weighted by Crippen LogP contribution is 1.82. The molecular formula is C5H15N5. The molecule has 0 rings (SSSR count). The highest BCUT2D eigenvalue weighted by Gasteiger charge is 1.94. The molecule has 0 amide bonds. The van der Waals surface area contributed by atoms with E-state index in [-0.39, 0.29) is 5.82 Å².